The zero-order valence-electron chi connectivity index (χ0n) is 43.8. The summed E-state index contributed by atoms with van der Waals surface area (Å²) in [4.78, 5) is 23.8. The molecule has 6 nitrogen and oxygen atoms in total. The van der Waals surface area contributed by atoms with Crippen LogP contribution < -0.4 is 0 Å². The van der Waals surface area contributed by atoms with Crippen molar-refractivity contribution < 1.29 is 24.9 Å². The van der Waals surface area contributed by atoms with Gasteiger partial charge in [0.15, 0.2) is 0 Å². The molecule has 0 aliphatic heterocycles. The molecule has 0 spiro atoms. The van der Waals surface area contributed by atoms with E-state index in [2.05, 4.69) is 43.1 Å². The molecule has 0 radical (unpaired) electrons. The van der Waals surface area contributed by atoms with Crippen LogP contribution in [0.25, 0.3) is 0 Å². The van der Waals surface area contributed by atoms with Gasteiger partial charge in [0.1, 0.15) is 0 Å². The van der Waals surface area contributed by atoms with Gasteiger partial charge in [-0.05, 0) is 129 Å². The summed E-state index contributed by atoms with van der Waals surface area (Å²) in [5.41, 5.74) is -0.453. The van der Waals surface area contributed by atoms with Gasteiger partial charge in [-0.25, -0.2) is 0 Å². The first-order valence-corrected chi connectivity index (χ1v) is 29.0. The predicted octanol–water partition coefficient (Wildman–Crippen LogP) is 18.7. The number of unbranched alkanes of at least 4 members (excludes halogenated alkanes) is 35. The van der Waals surface area contributed by atoms with Crippen LogP contribution in [0, 0.1) is 0 Å². The van der Waals surface area contributed by atoms with Crippen LogP contribution in [0.1, 0.15) is 316 Å². The second kappa shape index (κ2) is 51.7. The fourth-order valence-corrected chi connectivity index (χ4v) is 9.71. The van der Waals surface area contributed by atoms with Gasteiger partial charge >= 0.3 is 11.9 Å². The first-order valence-electron chi connectivity index (χ1n) is 29.0. The van der Waals surface area contributed by atoms with Crippen LogP contribution in [0.3, 0.4) is 0 Å². The highest BCUT2D eigenvalue weighted by Gasteiger charge is 2.25. The number of nitrogens with zero attached hydrogens (tertiary/aromatic N) is 1. The molecule has 3 N–H and O–H groups in total. The molecule has 0 fully saturated rings. The van der Waals surface area contributed by atoms with Crippen molar-refractivity contribution in [3.63, 3.8) is 0 Å². The number of hydrogen-bond acceptors (Lipinski definition) is 4. The van der Waals surface area contributed by atoms with E-state index in [-0.39, 0.29) is 0 Å². The molecule has 65 heavy (non-hydrogen) atoms. The smallest absolute Gasteiger partial charge is 0.303 e. The van der Waals surface area contributed by atoms with Gasteiger partial charge in [0.05, 0.1) is 5.60 Å². The lowest BCUT2D eigenvalue weighted by atomic mass is 9.85. The van der Waals surface area contributed by atoms with Gasteiger partial charge in [0.25, 0.3) is 0 Å². The molecule has 0 aliphatic rings. The Morgan fingerprint density at radius 2 is 0.569 bits per heavy atom. The Labute approximate surface area is 405 Å². The second-order valence-corrected chi connectivity index (χ2v) is 20.4. The molecule has 0 aromatic heterocycles. The maximum atomic E-state index is 11.9. The lowest BCUT2D eigenvalue weighted by Crippen LogP contribution is -2.30. The fraction of sp³-hybridized carbons (Fsp3) is 0.898. The molecule has 0 aromatic carbocycles. The quantitative estimate of drug-likeness (QED) is 0.0415. The second-order valence-electron chi connectivity index (χ2n) is 20.4. The van der Waals surface area contributed by atoms with Crippen LogP contribution in [0.5, 0.6) is 0 Å². The molecule has 0 unspecified atom stereocenters. The Morgan fingerprint density at radius 1 is 0.338 bits per heavy atom. The molecule has 384 valence electrons. The normalized spacial score (nSPS) is 12.2. The Balaban J connectivity index is 3.98. The van der Waals surface area contributed by atoms with Crippen LogP contribution in [-0.4, -0.2) is 57.4 Å². The van der Waals surface area contributed by atoms with Crippen molar-refractivity contribution in [1.29, 1.82) is 0 Å². The van der Waals surface area contributed by atoms with Gasteiger partial charge in [0, 0.05) is 12.8 Å². The van der Waals surface area contributed by atoms with Crippen molar-refractivity contribution in [3.05, 3.63) is 24.3 Å². The molecule has 0 bridgehead atoms. The third-order valence-electron chi connectivity index (χ3n) is 13.8. The van der Waals surface area contributed by atoms with Crippen molar-refractivity contribution in [3.8, 4) is 0 Å². The number of aliphatic hydroxyl groups is 1. The molecule has 0 saturated carbocycles. The number of rotatable bonds is 55. The van der Waals surface area contributed by atoms with Gasteiger partial charge in [-0.15, -0.1) is 0 Å². The topological polar surface area (TPSA) is 98.1 Å². The molecule has 0 amide bonds. The van der Waals surface area contributed by atoms with Gasteiger partial charge in [-0.3, -0.25) is 9.59 Å². The molecule has 6 heteroatoms. The van der Waals surface area contributed by atoms with Crippen molar-refractivity contribution in [1.82, 2.24) is 4.90 Å². The van der Waals surface area contributed by atoms with E-state index >= 15 is 0 Å². The summed E-state index contributed by atoms with van der Waals surface area (Å²) >= 11 is 0. The third-order valence-corrected chi connectivity index (χ3v) is 13.8. The maximum absolute atomic E-state index is 11.9. The Hall–Kier alpha value is -1.66. The standard InChI is InChI=1S/C59H113NO5/c1-3-54-60(55-4-2)56-48-47-53-59(65,51-45-41-37-33-29-25-21-17-13-9-5-7-11-15-19-23-27-31-35-39-43-49-57(61)62)52-46-42-38-34-30-26-22-18-14-10-6-8-12-16-20-24-28-32-36-40-44-50-58(63)64/h15-16,19-20,65H,3-14,17-18,21-56H2,1-2H3,(H,61,62)(H,63,64)/b19-15-,20-16-. The summed E-state index contributed by atoms with van der Waals surface area (Å²) in [5, 5.41) is 29.3. The summed E-state index contributed by atoms with van der Waals surface area (Å²) in [6.45, 7) is 8.20. The first-order chi connectivity index (χ1) is 31.8. The molecule has 0 aromatic rings. The number of allylic oxidation sites excluding steroid dienone is 4. The maximum Gasteiger partial charge on any atom is 0.303 e. The molecule has 0 rings (SSSR count). The third kappa shape index (κ3) is 51.6. The van der Waals surface area contributed by atoms with Crippen molar-refractivity contribution >= 4 is 11.9 Å². The van der Waals surface area contributed by atoms with Gasteiger partial charge < -0.3 is 20.2 Å². The zero-order chi connectivity index (χ0) is 47.4. The van der Waals surface area contributed by atoms with Crippen LogP contribution in [0.2, 0.25) is 0 Å². The monoisotopic (exact) mass is 916 g/mol. The van der Waals surface area contributed by atoms with Crippen LogP contribution in [0.4, 0.5) is 0 Å². The van der Waals surface area contributed by atoms with Crippen LogP contribution in [0.15, 0.2) is 24.3 Å². The Morgan fingerprint density at radius 3 is 0.831 bits per heavy atom. The van der Waals surface area contributed by atoms with Crippen molar-refractivity contribution in [2.24, 2.45) is 0 Å². The summed E-state index contributed by atoms with van der Waals surface area (Å²) < 4.78 is 0. The highest BCUT2D eigenvalue weighted by atomic mass is 16.4. The lowest BCUT2D eigenvalue weighted by molar-refractivity contribution is -0.138. The first kappa shape index (κ1) is 63.3. The van der Waals surface area contributed by atoms with E-state index < -0.39 is 17.5 Å². The molecule has 0 atom stereocenters. The van der Waals surface area contributed by atoms with Crippen LogP contribution in [-0.2, 0) is 9.59 Å². The Kier molecular flexibility index (Phi) is 50.4. The van der Waals surface area contributed by atoms with Gasteiger partial charge in [0.2, 0.25) is 0 Å². The number of hydrogen-bond donors (Lipinski definition) is 3. The number of carbonyl (C=O) groups is 2. The predicted molar refractivity (Wildman–Crippen MR) is 283 cm³/mol. The molecular weight excluding hydrogens is 803 g/mol. The van der Waals surface area contributed by atoms with E-state index in [1.807, 2.05) is 0 Å². The summed E-state index contributed by atoms with van der Waals surface area (Å²) in [5.74, 6) is -1.33. The minimum Gasteiger partial charge on any atom is -0.481 e. The van der Waals surface area contributed by atoms with E-state index in [9.17, 15) is 14.7 Å². The zero-order valence-corrected chi connectivity index (χ0v) is 43.8. The summed E-state index contributed by atoms with van der Waals surface area (Å²) in [6.07, 6.45) is 66.1. The lowest BCUT2D eigenvalue weighted by Gasteiger charge is -2.29. The minimum absolute atomic E-state index is 0.320. The summed E-state index contributed by atoms with van der Waals surface area (Å²) in [6, 6.07) is 0. The molecule has 0 saturated heterocycles. The van der Waals surface area contributed by atoms with Crippen molar-refractivity contribution in [2.45, 2.75) is 321 Å². The van der Waals surface area contributed by atoms with E-state index in [0.717, 1.165) is 51.4 Å². The number of aliphatic carboxylic acids is 2. The SMILES string of the molecule is CCCN(CCC)CCCCC(O)(CCCCCCCCCCCCCC/C=C\CCCCCCCC(=O)O)CCCCCCCCCCCCCC/C=C\CCCCCCCC(=O)O. The number of carboxylic acid groups (broad SMARTS) is 2. The molecule has 0 aliphatic carbocycles. The molecular formula is C59H113NO5. The summed E-state index contributed by atoms with van der Waals surface area (Å²) in [7, 11) is 0. The average molecular weight is 917 g/mol. The van der Waals surface area contributed by atoms with Crippen molar-refractivity contribution in [2.75, 3.05) is 19.6 Å². The van der Waals surface area contributed by atoms with Crippen LogP contribution >= 0.6 is 0 Å². The number of carboxylic acids is 2. The van der Waals surface area contributed by atoms with Gasteiger partial charge in [-0.2, -0.15) is 0 Å². The molecule has 0 heterocycles. The fourth-order valence-electron chi connectivity index (χ4n) is 9.71. The van der Waals surface area contributed by atoms with E-state index in [4.69, 9.17) is 10.2 Å². The van der Waals surface area contributed by atoms with Gasteiger partial charge in [-0.1, -0.05) is 218 Å². The van der Waals surface area contributed by atoms with E-state index in [1.165, 1.54) is 257 Å². The largest absolute Gasteiger partial charge is 0.481 e. The van der Waals surface area contributed by atoms with E-state index in [1.54, 1.807) is 0 Å². The van der Waals surface area contributed by atoms with E-state index in [0.29, 0.717) is 12.8 Å². The average Bonchev–Trinajstić information content (AvgIpc) is 3.28. The Bertz CT molecular complexity index is 970. The highest BCUT2D eigenvalue weighted by molar-refractivity contribution is 5.66. The minimum atomic E-state index is -0.667. The highest BCUT2D eigenvalue weighted by Crippen LogP contribution is 2.29.